The first-order valence-corrected chi connectivity index (χ1v) is 6.86. The number of nitrogens with zero attached hydrogens (tertiary/aromatic N) is 1. The van der Waals surface area contributed by atoms with Crippen molar-refractivity contribution in [3.63, 3.8) is 0 Å². The van der Waals surface area contributed by atoms with E-state index < -0.39 is 18.1 Å². The second-order valence-electron chi connectivity index (χ2n) is 4.90. The van der Waals surface area contributed by atoms with Crippen LogP contribution in [0.3, 0.4) is 0 Å². The van der Waals surface area contributed by atoms with Crippen LogP contribution in [0.4, 0.5) is 0 Å². The molecule has 1 aliphatic heterocycles. The van der Waals surface area contributed by atoms with Gasteiger partial charge in [0.15, 0.2) is 6.10 Å². The van der Waals surface area contributed by atoms with Crippen LogP contribution in [0.5, 0.6) is 0 Å². The van der Waals surface area contributed by atoms with E-state index >= 15 is 0 Å². The predicted molar refractivity (Wildman–Crippen MR) is 74.6 cm³/mol. The maximum Gasteiger partial charge on any atom is 0.326 e. The summed E-state index contributed by atoms with van der Waals surface area (Å²) in [4.78, 5) is 25.1. The third kappa shape index (κ3) is 4.03. The SMILES string of the molecule is C[C@H](C(=O)O)N(Cc1ccccc1)C(=O)[C@H]1COCCO1. The molecule has 0 aromatic heterocycles. The van der Waals surface area contributed by atoms with Crippen LogP contribution >= 0.6 is 0 Å². The third-order valence-electron chi connectivity index (χ3n) is 3.40. The quantitative estimate of drug-likeness (QED) is 0.873. The Morgan fingerprint density at radius 3 is 2.62 bits per heavy atom. The maximum atomic E-state index is 12.5. The molecule has 2 rings (SSSR count). The zero-order valence-corrected chi connectivity index (χ0v) is 11.9. The van der Waals surface area contributed by atoms with Crippen molar-refractivity contribution in [1.29, 1.82) is 0 Å². The van der Waals surface area contributed by atoms with Crippen molar-refractivity contribution in [3.8, 4) is 0 Å². The molecule has 0 unspecified atom stereocenters. The topological polar surface area (TPSA) is 76.1 Å². The van der Waals surface area contributed by atoms with Crippen LogP contribution in [0.15, 0.2) is 30.3 Å². The zero-order valence-electron chi connectivity index (χ0n) is 11.9. The molecule has 1 amide bonds. The molecular formula is C15H19NO5. The summed E-state index contributed by atoms with van der Waals surface area (Å²) < 4.78 is 10.6. The van der Waals surface area contributed by atoms with Gasteiger partial charge in [-0.2, -0.15) is 0 Å². The number of carbonyl (C=O) groups is 2. The van der Waals surface area contributed by atoms with E-state index in [1.54, 1.807) is 0 Å². The number of aliphatic carboxylic acids is 1. The van der Waals surface area contributed by atoms with E-state index in [4.69, 9.17) is 9.47 Å². The van der Waals surface area contributed by atoms with Gasteiger partial charge in [0.25, 0.3) is 5.91 Å². The standard InChI is InChI=1S/C15H19NO5/c1-11(15(18)19)16(9-12-5-3-2-4-6-12)14(17)13-10-20-7-8-21-13/h2-6,11,13H,7-10H2,1H3,(H,18,19)/t11-,13-/m1/s1. The number of carbonyl (C=O) groups excluding carboxylic acids is 1. The molecule has 1 aromatic rings. The van der Waals surface area contributed by atoms with Crippen LogP contribution < -0.4 is 0 Å². The highest BCUT2D eigenvalue weighted by Gasteiger charge is 2.33. The molecule has 0 spiro atoms. The minimum absolute atomic E-state index is 0.163. The lowest BCUT2D eigenvalue weighted by Crippen LogP contribution is -2.50. The molecule has 0 aliphatic carbocycles. The highest BCUT2D eigenvalue weighted by molar-refractivity contribution is 5.86. The average molecular weight is 293 g/mol. The fourth-order valence-electron chi connectivity index (χ4n) is 2.13. The number of carboxylic acids is 1. The first kappa shape index (κ1) is 15.5. The molecule has 0 bridgehead atoms. The van der Waals surface area contributed by atoms with Gasteiger partial charge < -0.3 is 19.5 Å². The summed E-state index contributed by atoms with van der Waals surface area (Å²) in [7, 11) is 0. The maximum absolute atomic E-state index is 12.5. The lowest BCUT2D eigenvalue weighted by Gasteiger charge is -2.31. The van der Waals surface area contributed by atoms with E-state index in [-0.39, 0.29) is 19.1 Å². The third-order valence-corrected chi connectivity index (χ3v) is 3.40. The molecule has 1 fully saturated rings. The molecule has 2 atom stereocenters. The van der Waals surface area contributed by atoms with Crippen LogP contribution in [0, 0.1) is 0 Å². The summed E-state index contributed by atoms with van der Waals surface area (Å²) in [5.41, 5.74) is 0.871. The van der Waals surface area contributed by atoms with Gasteiger partial charge in [0.2, 0.25) is 0 Å². The molecule has 114 valence electrons. The van der Waals surface area contributed by atoms with Crippen molar-refractivity contribution in [1.82, 2.24) is 4.90 Å². The van der Waals surface area contributed by atoms with Crippen LogP contribution in [-0.4, -0.2) is 53.8 Å². The van der Waals surface area contributed by atoms with E-state index in [9.17, 15) is 14.7 Å². The van der Waals surface area contributed by atoms with E-state index in [1.165, 1.54) is 11.8 Å². The summed E-state index contributed by atoms with van der Waals surface area (Å²) in [5, 5.41) is 9.21. The summed E-state index contributed by atoms with van der Waals surface area (Å²) in [6.07, 6.45) is -0.732. The zero-order chi connectivity index (χ0) is 15.2. The molecule has 6 heteroatoms. The fourth-order valence-corrected chi connectivity index (χ4v) is 2.13. The van der Waals surface area contributed by atoms with Crippen molar-refractivity contribution >= 4 is 11.9 Å². The highest BCUT2D eigenvalue weighted by atomic mass is 16.6. The Hall–Kier alpha value is -1.92. The Kier molecular flexibility index (Phi) is 5.30. The molecule has 0 radical (unpaired) electrons. The highest BCUT2D eigenvalue weighted by Crippen LogP contribution is 2.13. The van der Waals surface area contributed by atoms with Gasteiger partial charge in [-0.25, -0.2) is 4.79 Å². The molecule has 21 heavy (non-hydrogen) atoms. The number of hydrogen-bond acceptors (Lipinski definition) is 4. The van der Waals surface area contributed by atoms with Crippen molar-refractivity contribution in [2.45, 2.75) is 25.6 Å². The van der Waals surface area contributed by atoms with Gasteiger partial charge in [0.1, 0.15) is 6.04 Å². The molecule has 0 saturated carbocycles. The lowest BCUT2D eigenvalue weighted by atomic mass is 10.1. The van der Waals surface area contributed by atoms with Crippen LogP contribution in [0.1, 0.15) is 12.5 Å². The second kappa shape index (κ2) is 7.19. The minimum Gasteiger partial charge on any atom is -0.480 e. The van der Waals surface area contributed by atoms with E-state index in [0.717, 1.165) is 5.56 Å². The monoisotopic (exact) mass is 293 g/mol. The Balaban J connectivity index is 2.14. The normalized spacial score (nSPS) is 19.8. The first-order valence-electron chi connectivity index (χ1n) is 6.86. The van der Waals surface area contributed by atoms with Gasteiger partial charge in [-0.1, -0.05) is 30.3 Å². The van der Waals surface area contributed by atoms with Gasteiger partial charge in [0, 0.05) is 6.54 Å². The summed E-state index contributed by atoms with van der Waals surface area (Å²) >= 11 is 0. The molecule has 1 aromatic carbocycles. The summed E-state index contributed by atoms with van der Waals surface area (Å²) in [6.45, 7) is 2.68. The van der Waals surface area contributed by atoms with E-state index in [0.29, 0.717) is 13.2 Å². The summed E-state index contributed by atoms with van der Waals surface area (Å²) in [6, 6.07) is 8.35. The average Bonchev–Trinajstić information content (AvgIpc) is 2.53. The largest absolute Gasteiger partial charge is 0.480 e. The first-order chi connectivity index (χ1) is 10.1. The Morgan fingerprint density at radius 2 is 2.05 bits per heavy atom. The van der Waals surface area contributed by atoms with Gasteiger partial charge in [0.05, 0.1) is 19.8 Å². The predicted octanol–water partition coefficient (Wildman–Crippen LogP) is 0.904. The molecule has 1 saturated heterocycles. The van der Waals surface area contributed by atoms with Gasteiger partial charge in [-0.05, 0) is 12.5 Å². The van der Waals surface area contributed by atoms with Crippen molar-refractivity contribution < 1.29 is 24.2 Å². The van der Waals surface area contributed by atoms with Gasteiger partial charge >= 0.3 is 5.97 Å². The summed E-state index contributed by atoms with van der Waals surface area (Å²) in [5.74, 6) is -1.40. The van der Waals surface area contributed by atoms with Crippen LogP contribution in [0.2, 0.25) is 0 Å². The van der Waals surface area contributed by atoms with Crippen molar-refractivity contribution in [2.24, 2.45) is 0 Å². The smallest absolute Gasteiger partial charge is 0.326 e. The van der Waals surface area contributed by atoms with E-state index in [1.807, 2.05) is 30.3 Å². The Bertz CT molecular complexity index is 484. The van der Waals surface area contributed by atoms with Crippen molar-refractivity contribution in [3.05, 3.63) is 35.9 Å². The van der Waals surface area contributed by atoms with Gasteiger partial charge in [-0.3, -0.25) is 4.79 Å². The number of amides is 1. The van der Waals surface area contributed by atoms with E-state index in [2.05, 4.69) is 0 Å². The Morgan fingerprint density at radius 1 is 1.33 bits per heavy atom. The number of benzene rings is 1. The number of carboxylic acid groups (broad SMARTS) is 1. The number of rotatable bonds is 5. The molecule has 1 heterocycles. The second-order valence-corrected chi connectivity index (χ2v) is 4.90. The lowest BCUT2D eigenvalue weighted by molar-refractivity contribution is -0.165. The minimum atomic E-state index is -1.05. The molecule has 1 aliphatic rings. The number of ether oxygens (including phenoxy) is 2. The van der Waals surface area contributed by atoms with Crippen molar-refractivity contribution in [2.75, 3.05) is 19.8 Å². The van der Waals surface area contributed by atoms with Crippen LogP contribution in [0.25, 0.3) is 0 Å². The fraction of sp³-hybridized carbons (Fsp3) is 0.467. The Labute approximate surface area is 123 Å². The van der Waals surface area contributed by atoms with Crippen LogP contribution in [-0.2, 0) is 25.6 Å². The molecule has 1 N–H and O–H groups in total. The molecule has 6 nitrogen and oxygen atoms in total. The van der Waals surface area contributed by atoms with Gasteiger partial charge in [-0.15, -0.1) is 0 Å². The number of hydrogen-bond donors (Lipinski definition) is 1. The molecular weight excluding hydrogens is 274 g/mol.